The number of nitrogens with zero attached hydrogens (tertiary/aromatic N) is 4. The molecular formula is C22H17F3N6O. The third-order valence-corrected chi connectivity index (χ3v) is 4.93. The molecule has 0 bridgehead atoms. The molecule has 1 atom stereocenters. The van der Waals surface area contributed by atoms with E-state index in [4.69, 9.17) is 11.1 Å². The molecule has 1 aliphatic rings. The van der Waals surface area contributed by atoms with Crippen molar-refractivity contribution in [3.63, 3.8) is 0 Å². The topological polar surface area (TPSA) is 111 Å². The highest BCUT2D eigenvalue weighted by Crippen LogP contribution is 2.26. The largest absolute Gasteiger partial charge is 0.384 e. The predicted molar refractivity (Wildman–Crippen MR) is 111 cm³/mol. The Balaban J connectivity index is 1.61. The van der Waals surface area contributed by atoms with Crippen molar-refractivity contribution in [3.05, 3.63) is 99.7 Å². The van der Waals surface area contributed by atoms with Gasteiger partial charge in [0.2, 0.25) is 0 Å². The van der Waals surface area contributed by atoms with E-state index in [0.29, 0.717) is 17.8 Å². The Morgan fingerprint density at radius 3 is 2.50 bits per heavy atom. The molecule has 0 amide bonds. The van der Waals surface area contributed by atoms with E-state index in [-0.39, 0.29) is 29.6 Å². The van der Waals surface area contributed by atoms with Crippen LogP contribution >= 0.6 is 0 Å². The van der Waals surface area contributed by atoms with Crippen LogP contribution in [0, 0.1) is 22.9 Å². The Bertz CT molecular complexity index is 1290. The van der Waals surface area contributed by atoms with Crippen LogP contribution in [0.25, 0.3) is 11.3 Å². The van der Waals surface area contributed by atoms with E-state index in [1.165, 1.54) is 24.5 Å². The summed E-state index contributed by atoms with van der Waals surface area (Å²) in [5.41, 5.74) is 6.35. The minimum Gasteiger partial charge on any atom is -0.384 e. The molecule has 10 heteroatoms. The van der Waals surface area contributed by atoms with Crippen LogP contribution in [0.3, 0.4) is 0 Å². The van der Waals surface area contributed by atoms with Crippen molar-refractivity contribution in [2.45, 2.75) is 18.9 Å². The quantitative estimate of drug-likeness (QED) is 0.361. The monoisotopic (exact) mass is 438 g/mol. The van der Waals surface area contributed by atoms with Crippen molar-refractivity contribution in [1.82, 2.24) is 19.7 Å². The molecule has 7 nitrogen and oxygen atoms in total. The van der Waals surface area contributed by atoms with Crippen molar-refractivity contribution in [1.29, 1.82) is 5.41 Å². The average Bonchev–Trinajstić information content (AvgIpc) is 2.79. The van der Waals surface area contributed by atoms with Gasteiger partial charge in [0.05, 0.1) is 17.8 Å². The lowest BCUT2D eigenvalue weighted by atomic mass is 9.95. The van der Waals surface area contributed by atoms with Crippen LogP contribution in [-0.4, -0.2) is 25.6 Å². The molecular weight excluding hydrogens is 421 g/mol. The van der Waals surface area contributed by atoms with Crippen LogP contribution < -0.4 is 11.3 Å². The summed E-state index contributed by atoms with van der Waals surface area (Å²) in [6, 6.07) is 4.21. The van der Waals surface area contributed by atoms with Gasteiger partial charge in [0.25, 0.3) is 5.56 Å². The molecule has 1 unspecified atom stereocenters. The van der Waals surface area contributed by atoms with E-state index in [9.17, 15) is 18.0 Å². The van der Waals surface area contributed by atoms with Crippen molar-refractivity contribution in [2.75, 3.05) is 0 Å². The van der Waals surface area contributed by atoms with E-state index in [1.807, 2.05) is 18.2 Å². The van der Waals surface area contributed by atoms with Crippen molar-refractivity contribution < 1.29 is 13.2 Å². The summed E-state index contributed by atoms with van der Waals surface area (Å²) >= 11 is 0. The number of benzene rings is 1. The third-order valence-electron chi connectivity index (χ3n) is 4.93. The van der Waals surface area contributed by atoms with Gasteiger partial charge in [-0.05, 0) is 30.2 Å². The number of hydrogen-bond acceptors (Lipinski definition) is 5. The Hall–Kier alpha value is -4.08. The normalized spacial score (nSPS) is 15.5. The van der Waals surface area contributed by atoms with E-state index in [0.717, 1.165) is 22.4 Å². The SMILES string of the molecule is N=C(N)c1cnc(C2C=C(Cn3nc(-c4cc(F)c(F)c(F)c4)ccc3=O)C=CC2)nc1. The Kier molecular flexibility index (Phi) is 5.67. The zero-order valence-corrected chi connectivity index (χ0v) is 16.6. The van der Waals surface area contributed by atoms with Crippen LogP contribution in [-0.2, 0) is 6.54 Å². The van der Waals surface area contributed by atoms with E-state index < -0.39 is 23.0 Å². The molecule has 0 saturated heterocycles. The fraction of sp³-hybridized carbons (Fsp3) is 0.136. The van der Waals surface area contributed by atoms with Gasteiger partial charge in [-0.2, -0.15) is 5.10 Å². The number of aromatic nitrogens is 4. The molecule has 1 aliphatic carbocycles. The molecule has 2 aromatic heterocycles. The van der Waals surface area contributed by atoms with Gasteiger partial charge in [-0.1, -0.05) is 18.2 Å². The summed E-state index contributed by atoms with van der Waals surface area (Å²) in [5.74, 6) is -3.96. The van der Waals surface area contributed by atoms with Crippen molar-refractivity contribution >= 4 is 5.84 Å². The molecule has 4 rings (SSSR count). The fourth-order valence-corrected chi connectivity index (χ4v) is 3.29. The molecule has 0 fully saturated rings. The summed E-state index contributed by atoms with van der Waals surface area (Å²) in [4.78, 5) is 20.8. The highest BCUT2D eigenvalue weighted by atomic mass is 19.2. The number of nitrogens with one attached hydrogen (secondary N) is 1. The molecule has 0 saturated carbocycles. The van der Waals surface area contributed by atoms with Gasteiger partial charge in [-0.25, -0.2) is 27.8 Å². The zero-order valence-electron chi connectivity index (χ0n) is 16.6. The highest BCUT2D eigenvalue weighted by Gasteiger charge is 2.17. The average molecular weight is 438 g/mol. The van der Waals surface area contributed by atoms with Gasteiger partial charge in [0.1, 0.15) is 11.7 Å². The van der Waals surface area contributed by atoms with E-state index in [2.05, 4.69) is 15.1 Å². The van der Waals surface area contributed by atoms with Gasteiger partial charge >= 0.3 is 0 Å². The lowest BCUT2D eigenvalue weighted by molar-refractivity contribution is 0.447. The molecule has 1 aromatic carbocycles. The summed E-state index contributed by atoms with van der Waals surface area (Å²) in [6.07, 6.45) is 9.28. The molecule has 3 N–H and O–H groups in total. The fourth-order valence-electron chi connectivity index (χ4n) is 3.29. The standard InChI is InChI=1S/C22H17F3N6O/c23-16-7-14(8-17(24)20(16)25)18-4-5-19(32)31(30-18)11-12-2-1-3-13(6-12)22-28-9-15(10-29-22)21(26)27/h1-2,4-10,13H,3,11H2,(H3,26,27). The lowest BCUT2D eigenvalue weighted by Crippen LogP contribution is -2.23. The van der Waals surface area contributed by atoms with Crippen LogP contribution in [0.5, 0.6) is 0 Å². The van der Waals surface area contributed by atoms with Gasteiger partial charge in [-0.15, -0.1) is 0 Å². The first-order valence-corrected chi connectivity index (χ1v) is 9.58. The molecule has 32 heavy (non-hydrogen) atoms. The first-order valence-electron chi connectivity index (χ1n) is 9.58. The second-order valence-electron chi connectivity index (χ2n) is 7.20. The molecule has 3 aromatic rings. The molecule has 0 aliphatic heterocycles. The van der Waals surface area contributed by atoms with Gasteiger partial charge in [0.15, 0.2) is 17.5 Å². The number of halogens is 3. The summed E-state index contributed by atoms with van der Waals surface area (Å²) in [5, 5.41) is 11.6. The third kappa shape index (κ3) is 4.34. The van der Waals surface area contributed by atoms with E-state index >= 15 is 0 Å². The van der Waals surface area contributed by atoms with Gasteiger partial charge in [-0.3, -0.25) is 10.2 Å². The van der Waals surface area contributed by atoms with Crippen LogP contribution in [0.2, 0.25) is 0 Å². The number of rotatable bonds is 5. The van der Waals surface area contributed by atoms with E-state index in [1.54, 1.807) is 0 Å². The number of nitrogens with two attached hydrogens (primary N) is 1. The Labute approximate surface area is 180 Å². The van der Waals surface area contributed by atoms with Crippen molar-refractivity contribution in [3.8, 4) is 11.3 Å². The maximum absolute atomic E-state index is 13.6. The highest BCUT2D eigenvalue weighted by molar-refractivity contribution is 5.94. The van der Waals surface area contributed by atoms with Crippen LogP contribution in [0.1, 0.15) is 23.7 Å². The zero-order chi connectivity index (χ0) is 22.8. The molecule has 2 heterocycles. The van der Waals surface area contributed by atoms with Crippen LogP contribution in [0.4, 0.5) is 13.2 Å². The number of hydrogen-bond donors (Lipinski definition) is 2. The van der Waals surface area contributed by atoms with Gasteiger partial charge in [0, 0.05) is 29.9 Å². The minimum absolute atomic E-state index is 0.0140. The number of allylic oxidation sites excluding steroid dienone is 4. The minimum atomic E-state index is -1.57. The first-order chi connectivity index (χ1) is 15.3. The van der Waals surface area contributed by atoms with Crippen molar-refractivity contribution in [2.24, 2.45) is 5.73 Å². The maximum Gasteiger partial charge on any atom is 0.267 e. The smallest absolute Gasteiger partial charge is 0.267 e. The number of amidine groups is 1. The molecule has 0 radical (unpaired) electrons. The Morgan fingerprint density at radius 1 is 1.16 bits per heavy atom. The second kappa shape index (κ2) is 8.58. The predicted octanol–water partition coefficient (Wildman–Crippen LogP) is 3.07. The lowest BCUT2D eigenvalue weighted by Gasteiger charge is -2.16. The summed E-state index contributed by atoms with van der Waals surface area (Å²) in [6.45, 7) is 0.108. The summed E-state index contributed by atoms with van der Waals surface area (Å²) < 4.78 is 41.6. The molecule has 0 spiro atoms. The number of nitrogen functional groups attached to an aromatic ring is 1. The van der Waals surface area contributed by atoms with Crippen LogP contribution in [0.15, 0.2) is 65.3 Å². The second-order valence-corrected chi connectivity index (χ2v) is 7.20. The first kappa shape index (κ1) is 21.2. The molecule has 162 valence electrons. The van der Waals surface area contributed by atoms with Gasteiger partial charge < -0.3 is 5.73 Å². The summed E-state index contributed by atoms with van der Waals surface area (Å²) in [7, 11) is 0. The Morgan fingerprint density at radius 2 is 1.84 bits per heavy atom. The maximum atomic E-state index is 13.6.